The summed E-state index contributed by atoms with van der Waals surface area (Å²) in [5, 5.41) is 0.531. The van der Waals surface area contributed by atoms with Crippen molar-refractivity contribution in [3.8, 4) is 0 Å². The Bertz CT molecular complexity index is 1040. The van der Waals surface area contributed by atoms with E-state index in [1.165, 1.54) is 9.80 Å². The summed E-state index contributed by atoms with van der Waals surface area (Å²) < 4.78 is 4.04. The number of imidazole rings is 1. The lowest BCUT2D eigenvalue weighted by Crippen LogP contribution is -2.63. The summed E-state index contributed by atoms with van der Waals surface area (Å²) >= 11 is 6.26. The molecule has 2 aliphatic rings. The van der Waals surface area contributed by atoms with Crippen LogP contribution in [-0.2, 0) is 11.3 Å². The van der Waals surface area contributed by atoms with Crippen molar-refractivity contribution in [1.82, 2.24) is 14.4 Å². The Hall–Kier alpha value is -2.67. The first-order valence-electron chi connectivity index (χ1n) is 9.28. The fourth-order valence-corrected chi connectivity index (χ4v) is 4.22. The summed E-state index contributed by atoms with van der Waals surface area (Å²) in [6, 6.07) is 6.40. The van der Waals surface area contributed by atoms with Crippen LogP contribution in [0.2, 0.25) is 5.02 Å². The van der Waals surface area contributed by atoms with Gasteiger partial charge in [0.15, 0.2) is 0 Å². The van der Waals surface area contributed by atoms with E-state index < -0.39 is 12.1 Å². The molecule has 2 aliphatic heterocycles. The van der Waals surface area contributed by atoms with Gasteiger partial charge in [0.1, 0.15) is 11.4 Å². The number of likely N-dealkylation sites (N-methyl/N-ethyl adjacent to an activating group) is 1. The van der Waals surface area contributed by atoms with Crippen molar-refractivity contribution < 1.29 is 14.2 Å². The molecule has 0 bridgehead atoms. The number of aromatic nitrogens is 2. The first-order chi connectivity index (χ1) is 13.2. The molecule has 4 rings (SSSR count). The number of halogens is 1. The number of hydrogen-bond donors (Lipinski definition) is 0. The lowest BCUT2D eigenvalue weighted by Gasteiger charge is -2.33. The highest BCUT2D eigenvalue weighted by Gasteiger charge is 2.54. The highest BCUT2D eigenvalue weighted by molar-refractivity contribution is 6.31. The normalized spacial score (nSPS) is 18.7. The van der Waals surface area contributed by atoms with Crippen molar-refractivity contribution in [1.29, 1.82) is 0 Å². The SMILES string of the molecule is Cc1c(C)[n+]2c(n1C(C)C)N=C1C2C(=O)N(Cc2ccccc2Cl)C(=O)N1C. The van der Waals surface area contributed by atoms with Gasteiger partial charge in [-0.15, -0.1) is 0 Å². The predicted molar refractivity (Wildman–Crippen MR) is 106 cm³/mol. The minimum absolute atomic E-state index is 0.129. The third kappa shape index (κ3) is 2.49. The largest absolute Gasteiger partial charge is 0.402 e. The van der Waals surface area contributed by atoms with Crippen LogP contribution in [0, 0.1) is 13.8 Å². The van der Waals surface area contributed by atoms with Crippen LogP contribution in [0.3, 0.4) is 0 Å². The first-order valence-corrected chi connectivity index (χ1v) is 9.65. The molecular formula is C20H23ClN5O2+. The molecule has 1 aromatic carbocycles. The van der Waals surface area contributed by atoms with Crippen LogP contribution in [0.15, 0.2) is 29.3 Å². The summed E-state index contributed by atoms with van der Waals surface area (Å²) in [4.78, 5) is 33.8. The van der Waals surface area contributed by atoms with Gasteiger partial charge in [0.25, 0.3) is 5.91 Å². The molecule has 0 aliphatic carbocycles. The van der Waals surface area contributed by atoms with E-state index in [0.29, 0.717) is 16.8 Å². The van der Waals surface area contributed by atoms with E-state index in [1.54, 1.807) is 13.1 Å². The zero-order valence-corrected chi connectivity index (χ0v) is 17.4. The smallest absolute Gasteiger partial charge is 0.270 e. The van der Waals surface area contributed by atoms with E-state index in [4.69, 9.17) is 16.6 Å². The van der Waals surface area contributed by atoms with Gasteiger partial charge in [-0.1, -0.05) is 34.8 Å². The van der Waals surface area contributed by atoms with Crippen molar-refractivity contribution in [2.75, 3.05) is 7.05 Å². The van der Waals surface area contributed by atoms with E-state index in [-0.39, 0.29) is 18.5 Å². The number of benzene rings is 1. The lowest BCUT2D eigenvalue weighted by atomic mass is 10.1. The average Bonchev–Trinajstić information content (AvgIpc) is 3.14. The zero-order valence-electron chi connectivity index (χ0n) is 16.6. The first kappa shape index (κ1) is 18.7. The molecule has 1 unspecified atom stereocenters. The zero-order chi connectivity index (χ0) is 20.3. The van der Waals surface area contributed by atoms with Crippen LogP contribution >= 0.6 is 11.6 Å². The molecule has 146 valence electrons. The second-order valence-electron chi connectivity index (χ2n) is 7.53. The molecule has 1 atom stereocenters. The van der Waals surface area contributed by atoms with Gasteiger partial charge in [-0.05, 0) is 39.3 Å². The molecule has 1 aromatic heterocycles. The molecule has 2 aromatic rings. The van der Waals surface area contributed by atoms with Crippen molar-refractivity contribution in [3.63, 3.8) is 0 Å². The summed E-state index contributed by atoms with van der Waals surface area (Å²) in [7, 11) is 1.66. The molecule has 3 amide bonds. The number of imide groups is 1. The van der Waals surface area contributed by atoms with Gasteiger partial charge >= 0.3 is 12.0 Å². The number of amidine groups is 1. The number of amides is 3. The Labute approximate surface area is 168 Å². The molecule has 1 saturated heterocycles. The Morgan fingerprint density at radius 3 is 2.54 bits per heavy atom. The molecule has 0 N–H and O–H groups in total. The van der Waals surface area contributed by atoms with Crippen LogP contribution in [0.1, 0.15) is 42.9 Å². The second-order valence-corrected chi connectivity index (χ2v) is 7.94. The minimum Gasteiger partial charge on any atom is -0.270 e. The van der Waals surface area contributed by atoms with E-state index in [1.807, 2.05) is 36.6 Å². The molecule has 1 fully saturated rings. The summed E-state index contributed by atoms with van der Waals surface area (Å²) in [5.74, 6) is 0.894. The number of aliphatic imine (C=N–C) groups is 1. The number of rotatable bonds is 3. The summed E-state index contributed by atoms with van der Waals surface area (Å²) in [5.41, 5.74) is 2.77. The third-order valence-electron chi connectivity index (χ3n) is 5.56. The van der Waals surface area contributed by atoms with Gasteiger partial charge in [-0.3, -0.25) is 14.6 Å². The highest BCUT2D eigenvalue weighted by atomic mass is 35.5. The fourth-order valence-electron chi connectivity index (χ4n) is 4.02. The maximum Gasteiger partial charge on any atom is 0.402 e. The molecule has 7 nitrogen and oxygen atoms in total. The van der Waals surface area contributed by atoms with E-state index in [0.717, 1.165) is 17.0 Å². The van der Waals surface area contributed by atoms with Crippen molar-refractivity contribution in [2.45, 2.75) is 46.3 Å². The van der Waals surface area contributed by atoms with Gasteiger partial charge in [-0.25, -0.2) is 13.9 Å². The standard InChI is InChI=1S/C20H23ClN5O2/c1-11(2)25-12(3)13(4)26-16-17(22-19(25)26)23(5)20(28)24(18(16)27)10-14-8-6-7-9-15(14)21/h6-9,11,16H,10H2,1-5H3/q+1. The van der Waals surface area contributed by atoms with E-state index >= 15 is 0 Å². The molecule has 0 saturated carbocycles. The molecule has 0 spiro atoms. The average molecular weight is 401 g/mol. The summed E-state index contributed by atoms with van der Waals surface area (Å²) in [6.45, 7) is 8.30. The van der Waals surface area contributed by atoms with Crippen molar-refractivity contribution in [3.05, 3.63) is 46.2 Å². The van der Waals surface area contributed by atoms with Crippen LogP contribution in [0.4, 0.5) is 10.7 Å². The maximum absolute atomic E-state index is 13.4. The molecular weight excluding hydrogens is 378 g/mol. The number of urea groups is 1. The van der Waals surface area contributed by atoms with E-state index in [2.05, 4.69) is 18.4 Å². The van der Waals surface area contributed by atoms with Gasteiger partial charge in [0, 0.05) is 12.1 Å². The fraction of sp³-hybridized carbons (Fsp3) is 0.400. The monoisotopic (exact) mass is 400 g/mol. The Morgan fingerprint density at radius 2 is 1.89 bits per heavy atom. The Morgan fingerprint density at radius 1 is 1.21 bits per heavy atom. The van der Waals surface area contributed by atoms with E-state index in [9.17, 15) is 9.59 Å². The van der Waals surface area contributed by atoms with Crippen molar-refractivity contribution >= 4 is 35.3 Å². The topological polar surface area (TPSA) is 61.8 Å². The molecule has 0 radical (unpaired) electrons. The van der Waals surface area contributed by atoms with Crippen LogP contribution < -0.4 is 4.57 Å². The van der Waals surface area contributed by atoms with Crippen LogP contribution in [0.5, 0.6) is 0 Å². The van der Waals surface area contributed by atoms with Crippen LogP contribution in [-0.4, -0.2) is 39.2 Å². The molecule has 3 heterocycles. The van der Waals surface area contributed by atoms with Crippen molar-refractivity contribution in [2.24, 2.45) is 4.99 Å². The second kappa shape index (κ2) is 6.44. The quantitative estimate of drug-likeness (QED) is 0.742. The van der Waals surface area contributed by atoms with Gasteiger partial charge in [0.05, 0.1) is 12.6 Å². The highest BCUT2D eigenvalue weighted by Crippen LogP contribution is 2.33. The molecule has 28 heavy (non-hydrogen) atoms. The summed E-state index contributed by atoms with van der Waals surface area (Å²) in [6.07, 6.45) is 0. The number of fused-ring (bicyclic) bond motifs is 3. The van der Waals surface area contributed by atoms with Crippen LogP contribution in [0.25, 0.3) is 0 Å². The third-order valence-corrected chi connectivity index (χ3v) is 5.93. The number of hydrogen-bond acceptors (Lipinski definition) is 3. The predicted octanol–water partition coefficient (Wildman–Crippen LogP) is 3.31. The number of nitrogens with zero attached hydrogens (tertiary/aromatic N) is 5. The lowest BCUT2D eigenvalue weighted by molar-refractivity contribution is -0.683. The number of carbonyl (C=O) groups is 2. The molecule has 8 heteroatoms. The van der Waals surface area contributed by atoms with Gasteiger partial charge < -0.3 is 0 Å². The van der Waals surface area contributed by atoms with Gasteiger partial charge in [0.2, 0.25) is 11.9 Å². The maximum atomic E-state index is 13.4. The minimum atomic E-state index is -0.640. The Kier molecular flexibility index (Phi) is 4.30. The number of carbonyl (C=O) groups excluding carboxylic acids is 2. The Balaban J connectivity index is 1.80. The van der Waals surface area contributed by atoms with Gasteiger partial charge in [-0.2, -0.15) is 0 Å².